The molecule has 0 bridgehead atoms. The molecule has 0 saturated heterocycles. The van der Waals surface area contributed by atoms with Gasteiger partial charge in [0.2, 0.25) is 5.88 Å². The monoisotopic (exact) mass is 450 g/mol. The topological polar surface area (TPSA) is 73.6 Å². The minimum absolute atomic E-state index is 0.0267. The number of aromatic nitrogens is 2. The third-order valence-electron chi connectivity index (χ3n) is 6.52. The quantitative estimate of drug-likeness (QED) is 0.445. The summed E-state index contributed by atoms with van der Waals surface area (Å²) in [6.45, 7) is 0.360. The van der Waals surface area contributed by atoms with E-state index in [1.807, 2.05) is 41.1 Å². The van der Waals surface area contributed by atoms with Gasteiger partial charge in [-0.1, -0.05) is 12.1 Å². The van der Waals surface area contributed by atoms with Gasteiger partial charge in [0, 0.05) is 29.4 Å². The van der Waals surface area contributed by atoms with Crippen molar-refractivity contribution < 1.29 is 23.8 Å². The highest BCUT2D eigenvalue weighted by Gasteiger charge is 2.34. The second-order valence-corrected chi connectivity index (χ2v) is 8.95. The average Bonchev–Trinajstić information content (AvgIpc) is 3.75. The van der Waals surface area contributed by atoms with Crippen molar-refractivity contribution in [2.24, 2.45) is 5.92 Å². The fraction of sp³-hybridized carbons (Fsp3) is 0.385. The molecule has 7 heteroatoms. The molecule has 1 aromatic carbocycles. The second-order valence-electron chi connectivity index (χ2n) is 8.95. The summed E-state index contributed by atoms with van der Waals surface area (Å²) in [5, 5.41) is 9.31. The van der Waals surface area contributed by atoms with Crippen LogP contribution in [0.25, 0.3) is 5.69 Å². The Morgan fingerprint density at radius 1 is 1.24 bits per heavy atom. The first kappa shape index (κ1) is 21.5. The van der Waals surface area contributed by atoms with Crippen LogP contribution >= 0.6 is 0 Å². The van der Waals surface area contributed by atoms with Crippen LogP contribution in [-0.2, 0) is 11.4 Å². The van der Waals surface area contributed by atoms with Gasteiger partial charge in [0.15, 0.2) is 5.82 Å². The fourth-order valence-corrected chi connectivity index (χ4v) is 4.58. The Balaban J connectivity index is 1.37. The van der Waals surface area contributed by atoms with Gasteiger partial charge in [-0.3, -0.25) is 4.79 Å². The predicted molar refractivity (Wildman–Crippen MR) is 121 cm³/mol. The van der Waals surface area contributed by atoms with Crippen LogP contribution in [-0.4, -0.2) is 27.7 Å². The van der Waals surface area contributed by atoms with E-state index in [1.54, 1.807) is 6.07 Å². The number of methoxy groups -OCH3 is 1. The van der Waals surface area contributed by atoms with Crippen LogP contribution in [0.5, 0.6) is 11.6 Å². The van der Waals surface area contributed by atoms with Gasteiger partial charge in [0.1, 0.15) is 12.4 Å². The molecule has 0 unspecified atom stereocenters. The molecular weight excluding hydrogens is 423 g/mol. The minimum atomic E-state index is -0.770. The molecule has 3 aromatic rings. The van der Waals surface area contributed by atoms with Gasteiger partial charge in [-0.05, 0) is 61.3 Å². The van der Waals surface area contributed by atoms with E-state index < -0.39 is 11.8 Å². The lowest BCUT2D eigenvalue weighted by atomic mass is 9.91. The minimum Gasteiger partial charge on any atom is -0.489 e. The van der Waals surface area contributed by atoms with Crippen molar-refractivity contribution in [1.29, 1.82) is 0 Å². The molecule has 2 aliphatic rings. The number of rotatable bonds is 10. The number of ether oxygens (including phenoxy) is 2. The Morgan fingerprint density at radius 2 is 2.06 bits per heavy atom. The average molecular weight is 451 g/mol. The van der Waals surface area contributed by atoms with Crippen molar-refractivity contribution in [3.63, 3.8) is 0 Å². The Bertz CT molecular complexity index is 1170. The summed E-state index contributed by atoms with van der Waals surface area (Å²) in [4.78, 5) is 15.3. The number of carboxylic acid groups (broad SMARTS) is 1. The van der Waals surface area contributed by atoms with Gasteiger partial charge in [0.25, 0.3) is 0 Å². The van der Waals surface area contributed by atoms with Crippen molar-refractivity contribution >= 4 is 5.97 Å². The maximum atomic E-state index is 14.6. The van der Waals surface area contributed by atoms with Crippen LogP contribution < -0.4 is 9.47 Å². The summed E-state index contributed by atoms with van der Waals surface area (Å²) in [7, 11) is 1.51. The summed E-state index contributed by atoms with van der Waals surface area (Å²) in [5.74, 6) is 0.751. The van der Waals surface area contributed by atoms with E-state index in [4.69, 9.17) is 9.47 Å². The van der Waals surface area contributed by atoms with E-state index in [0.29, 0.717) is 30.0 Å². The molecule has 5 rings (SSSR count). The Labute approximate surface area is 192 Å². The lowest BCUT2D eigenvalue weighted by Crippen LogP contribution is -2.09. The predicted octanol–water partition coefficient (Wildman–Crippen LogP) is 5.44. The first-order chi connectivity index (χ1) is 16.0. The van der Waals surface area contributed by atoms with E-state index in [-0.39, 0.29) is 12.3 Å². The number of nitrogens with zero attached hydrogens (tertiary/aromatic N) is 2. The van der Waals surface area contributed by atoms with Gasteiger partial charge >= 0.3 is 5.97 Å². The zero-order chi connectivity index (χ0) is 22.9. The summed E-state index contributed by atoms with van der Waals surface area (Å²) < 4.78 is 27.8. The molecule has 2 heterocycles. The first-order valence-corrected chi connectivity index (χ1v) is 11.4. The summed E-state index contributed by atoms with van der Waals surface area (Å²) in [6.07, 6.45) is 7.48. The summed E-state index contributed by atoms with van der Waals surface area (Å²) >= 11 is 0. The van der Waals surface area contributed by atoms with E-state index in [9.17, 15) is 14.3 Å². The largest absolute Gasteiger partial charge is 0.489 e. The van der Waals surface area contributed by atoms with E-state index in [1.165, 1.54) is 13.3 Å². The van der Waals surface area contributed by atoms with Crippen molar-refractivity contribution in [2.75, 3.05) is 7.11 Å². The Hall–Kier alpha value is -3.35. The first-order valence-electron chi connectivity index (χ1n) is 11.4. The molecule has 0 spiro atoms. The smallest absolute Gasteiger partial charge is 0.303 e. The summed E-state index contributed by atoms with van der Waals surface area (Å²) in [5.41, 5.74) is 3.50. The normalized spacial score (nSPS) is 16.4. The van der Waals surface area contributed by atoms with Gasteiger partial charge in [0.05, 0.1) is 25.4 Å². The lowest BCUT2D eigenvalue weighted by Gasteiger charge is -2.16. The lowest BCUT2D eigenvalue weighted by molar-refractivity contribution is -0.137. The molecule has 1 N–H and O–H groups in total. The molecule has 0 amide bonds. The molecule has 172 valence electrons. The van der Waals surface area contributed by atoms with Gasteiger partial charge in [-0.15, -0.1) is 0 Å². The molecule has 2 aromatic heterocycles. The van der Waals surface area contributed by atoms with E-state index >= 15 is 0 Å². The maximum absolute atomic E-state index is 14.6. The van der Waals surface area contributed by atoms with Crippen LogP contribution in [0.15, 0.2) is 48.8 Å². The highest BCUT2D eigenvalue weighted by atomic mass is 19.1. The van der Waals surface area contributed by atoms with E-state index in [2.05, 4.69) is 4.98 Å². The van der Waals surface area contributed by atoms with Crippen molar-refractivity contribution in [3.8, 4) is 17.3 Å². The van der Waals surface area contributed by atoms with Gasteiger partial charge < -0.3 is 19.1 Å². The Morgan fingerprint density at radius 3 is 2.76 bits per heavy atom. The van der Waals surface area contributed by atoms with Crippen molar-refractivity contribution in [2.45, 2.75) is 50.5 Å². The molecular formula is C26H27FN2O4. The van der Waals surface area contributed by atoms with Gasteiger partial charge in [-0.2, -0.15) is 0 Å². The van der Waals surface area contributed by atoms with Crippen LogP contribution in [0.2, 0.25) is 0 Å². The zero-order valence-corrected chi connectivity index (χ0v) is 18.5. The summed E-state index contributed by atoms with van der Waals surface area (Å²) in [6, 6.07) is 11.4. The van der Waals surface area contributed by atoms with Crippen LogP contribution in [0.3, 0.4) is 0 Å². The third kappa shape index (κ3) is 4.72. The van der Waals surface area contributed by atoms with Crippen molar-refractivity contribution in [1.82, 2.24) is 9.55 Å². The molecule has 2 aliphatic carbocycles. The Kier molecular flexibility index (Phi) is 5.79. The standard InChI is InChI=1S/C26H27FN2O4/c1-32-24-13-23(22(27)14-28-24)29-10-9-19(26(29)17-7-8-17)15-33-20-4-2-3-18(11-20)21(12-25(30)31)16-5-6-16/h2-4,9-11,13-14,16-17,21H,5-8,12,15H2,1H3,(H,30,31)/t21-/m0/s1. The number of carboxylic acids is 1. The number of carbonyl (C=O) groups is 1. The number of halogens is 1. The molecule has 2 saturated carbocycles. The molecule has 6 nitrogen and oxygen atoms in total. The fourth-order valence-electron chi connectivity index (χ4n) is 4.58. The van der Waals surface area contributed by atoms with Crippen LogP contribution in [0, 0.1) is 11.7 Å². The number of benzene rings is 1. The molecule has 2 fully saturated rings. The molecule has 33 heavy (non-hydrogen) atoms. The number of hydrogen-bond acceptors (Lipinski definition) is 4. The molecule has 0 radical (unpaired) electrons. The second kappa shape index (κ2) is 8.89. The number of aliphatic carboxylic acids is 1. The number of pyridine rings is 1. The van der Waals surface area contributed by atoms with E-state index in [0.717, 1.165) is 48.3 Å². The third-order valence-corrected chi connectivity index (χ3v) is 6.52. The number of hydrogen-bond donors (Lipinski definition) is 1. The maximum Gasteiger partial charge on any atom is 0.303 e. The van der Waals surface area contributed by atoms with Gasteiger partial charge in [-0.25, -0.2) is 9.37 Å². The highest BCUT2D eigenvalue weighted by Crippen LogP contribution is 2.45. The SMILES string of the molecule is COc1cc(-n2ccc(COc3cccc([C@@H](CC(=O)O)C4CC4)c3)c2C2CC2)c(F)cn1. The van der Waals surface area contributed by atoms with Crippen LogP contribution in [0.4, 0.5) is 4.39 Å². The van der Waals surface area contributed by atoms with Crippen molar-refractivity contribution in [3.05, 3.63) is 71.4 Å². The zero-order valence-electron chi connectivity index (χ0n) is 18.5. The van der Waals surface area contributed by atoms with Crippen LogP contribution in [0.1, 0.15) is 60.8 Å². The highest BCUT2D eigenvalue weighted by molar-refractivity contribution is 5.68. The molecule has 0 aliphatic heterocycles. The molecule has 1 atom stereocenters.